The molecule has 74 valence electrons. The van der Waals surface area contributed by atoms with E-state index in [9.17, 15) is 0 Å². The van der Waals surface area contributed by atoms with Crippen molar-refractivity contribution in [3.8, 4) is 0 Å². The van der Waals surface area contributed by atoms with Gasteiger partial charge < -0.3 is 0 Å². The Kier molecular flexibility index (Phi) is 4.89. The predicted molar refractivity (Wildman–Crippen MR) is 57.3 cm³/mol. The van der Waals surface area contributed by atoms with Crippen molar-refractivity contribution in [3.63, 3.8) is 0 Å². The molecule has 0 heteroatoms. The third-order valence-electron chi connectivity index (χ3n) is 2.85. The Morgan fingerprint density at radius 1 is 1.00 bits per heavy atom. The van der Waals surface area contributed by atoms with Crippen LogP contribution in [-0.4, -0.2) is 0 Å². The van der Waals surface area contributed by atoms with Crippen molar-refractivity contribution in [2.24, 2.45) is 17.3 Å². The molecule has 0 fully saturated rings. The van der Waals surface area contributed by atoms with Gasteiger partial charge in [-0.3, -0.25) is 0 Å². The highest BCUT2D eigenvalue weighted by Crippen LogP contribution is 2.31. The summed E-state index contributed by atoms with van der Waals surface area (Å²) in [7, 11) is 0. The zero-order chi connectivity index (χ0) is 9.78. The second kappa shape index (κ2) is 4.89. The summed E-state index contributed by atoms with van der Waals surface area (Å²) >= 11 is 0. The molecule has 0 aromatic carbocycles. The number of hydrogen-bond acceptors (Lipinski definition) is 0. The molecule has 0 spiro atoms. The van der Waals surface area contributed by atoms with Crippen molar-refractivity contribution < 1.29 is 0 Å². The maximum atomic E-state index is 2.39. The summed E-state index contributed by atoms with van der Waals surface area (Å²) in [6.07, 6.45) is 4.04. The lowest BCUT2D eigenvalue weighted by atomic mass is 9.77. The smallest absolute Gasteiger partial charge is 0.0380 e. The van der Waals surface area contributed by atoms with Crippen molar-refractivity contribution in [1.29, 1.82) is 0 Å². The van der Waals surface area contributed by atoms with E-state index in [0.29, 0.717) is 5.41 Å². The molecular weight excluding hydrogens is 144 g/mol. The molecule has 0 heterocycles. The largest absolute Gasteiger partial charge is 0.0651 e. The molecule has 0 aromatic rings. The normalized spacial score (nSPS) is 17.5. The zero-order valence-corrected chi connectivity index (χ0v) is 9.78. The first-order valence-corrected chi connectivity index (χ1v) is 5.40. The molecule has 0 saturated heterocycles. The highest BCUT2D eigenvalue weighted by molar-refractivity contribution is 4.71. The van der Waals surface area contributed by atoms with Gasteiger partial charge in [0.2, 0.25) is 0 Å². The molecule has 0 nitrogen and oxygen atoms in total. The zero-order valence-electron chi connectivity index (χ0n) is 9.78. The van der Waals surface area contributed by atoms with Crippen molar-refractivity contribution in [2.75, 3.05) is 0 Å². The van der Waals surface area contributed by atoms with Crippen LogP contribution in [0.3, 0.4) is 0 Å². The molecule has 2 unspecified atom stereocenters. The van der Waals surface area contributed by atoms with Crippen LogP contribution in [-0.2, 0) is 0 Å². The van der Waals surface area contributed by atoms with Gasteiger partial charge >= 0.3 is 0 Å². The summed E-state index contributed by atoms with van der Waals surface area (Å²) in [4.78, 5) is 0. The third kappa shape index (κ3) is 4.79. The molecule has 0 aliphatic heterocycles. The summed E-state index contributed by atoms with van der Waals surface area (Å²) in [5.74, 6) is 1.82. The molecule has 0 bridgehead atoms. The minimum atomic E-state index is 0.504. The Morgan fingerprint density at radius 2 is 1.50 bits per heavy atom. The van der Waals surface area contributed by atoms with Crippen LogP contribution < -0.4 is 0 Å². The van der Waals surface area contributed by atoms with Gasteiger partial charge in [0.15, 0.2) is 0 Å². The van der Waals surface area contributed by atoms with E-state index < -0.39 is 0 Å². The van der Waals surface area contributed by atoms with E-state index >= 15 is 0 Å². The van der Waals surface area contributed by atoms with E-state index in [1.807, 2.05) is 0 Å². The molecule has 0 rings (SSSR count). The molecular formula is C12H26. The van der Waals surface area contributed by atoms with Crippen molar-refractivity contribution in [1.82, 2.24) is 0 Å². The molecule has 0 aromatic heterocycles. The SMILES string of the molecule is CCC(C)C(CC)CC(C)(C)C. The van der Waals surface area contributed by atoms with E-state index in [4.69, 9.17) is 0 Å². The van der Waals surface area contributed by atoms with Crippen LogP contribution in [0, 0.1) is 17.3 Å². The lowest BCUT2D eigenvalue weighted by molar-refractivity contribution is 0.223. The van der Waals surface area contributed by atoms with E-state index in [-0.39, 0.29) is 0 Å². The summed E-state index contributed by atoms with van der Waals surface area (Å²) in [6, 6.07) is 0. The highest BCUT2D eigenvalue weighted by atomic mass is 14.3. The Labute approximate surface area is 78.8 Å². The predicted octanol–water partition coefficient (Wildman–Crippen LogP) is 4.49. The minimum Gasteiger partial charge on any atom is -0.0651 e. The van der Waals surface area contributed by atoms with Crippen LogP contribution >= 0.6 is 0 Å². The van der Waals surface area contributed by atoms with Gasteiger partial charge in [-0.2, -0.15) is 0 Å². The molecule has 0 saturated carbocycles. The fourth-order valence-corrected chi connectivity index (χ4v) is 1.87. The summed E-state index contributed by atoms with van der Waals surface area (Å²) in [5.41, 5.74) is 0.504. The molecule has 0 aliphatic rings. The van der Waals surface area contributed by atoms with Gasteiger partial charge in [0, 0.05) is 0 Å². The quantitative estimate of drug-likeness (QED) is 0.583. The minimum absolute atomic E-state index is 0.504. The van der Waals surface area contributed by atoms with Gasteiger partial charge in [0.25, 0.3) is 0 Å². The molecule has 0 N–H and O–H groups in total. The van der Waals surface area contributed by atoms with Crippen molar-refractivity contribution in [3.05, 3.63) is 0 Å². The van der Waals surface area contributed by atoms with Crippen LogP contribution in [0.15, 0.2) is 0 Å². The Bertz CT molecular complexity index is 108. The molecule has 2 atom stereocenters. The first kappa shape index (κ1) is 12.0. The van der Waals surface area contributed by atoms with Gasteiger partial charge in [-0.25, -0.2) is 0 Å². The van der Waals surface area contributed by atoms with Crippen LogP contribution in [0.5, 0.6) is 0 Å². The standard InChI is InChI=1S/C12H26/c1-7-10(3)11(8-2)9-12(4,5)6/h10-11H,7-9H2,1-6H3. The molecule has 12 heavy (non-hydrogen) atoms. The average Bonchev–Trinajstić information content (AvgIpc) is 1.97. The topological polar surface area (TPSA) is 0 Å². The van der Waals surface area contributed by atoms with Crippen LogP contribution in [0.1, 0.15) is 60.8 Å². The van der Waals surface area contributed by atoms with Crippen molar-refractivity contribution in [2.45, 2.75) is 60.8 Å². The Hall–Kier alpha value is 0. The lowest BCUT2D eigenvalue weighted by Crippen LogP contribution is -2.18. The Balaban J connectivity index is 3.99. The average molecular weight is 170 g/mol. The highest BCUT2D eigenvalue weighted by Gasteiger charge is 2.20. The molecule has 0 aliphatic carbocycles. The number of rotatable bonds is 4. The van der Waals surface area contributed by atoms with E-state index in [1.165, 1.54) is 19.3 Å². The summed E-state index contributed by atoms with van der Waals surface area (Å²) in [6.45, 7) is 14.0. The second-order valence-corrected chi connectivity index (χ2v) is 5.32. The summed E-state index contributed by atoms with van der Waals surface area (Å²) in [5, 5.41) is 0. The van der Waals surface area contributed by atoms with Gasteiger partial charge in [0.05, 0.1) is 0 Å². The van der Waals surface area contributed by atoms with Gasteiger partial charge in [-0.05, 0) is 23.7 Å². The van der Waals surface area contributed by atoms with Crippen LogP contribution in [0.2, 0.25) is 0 Å². The fourth-order valence-electron chi connectivity index (χ4n) is 1.87. The van der Waals surface area contributed by atoms with Crippen LogP contribution in [0.25, 0.3) is 0 Å². The molecule has 0 amide bonds. The Morgan fingerprint density at radius 3 is 1.75 bits per heavy atom. The monoisotopic (exact) mass is 170 g/mol. The maximum absolute atomic E-state index is 2.39. The van der Waals surface area contributed by atoms with E-state index in [1.54, 1.807) is 0 Å². The molecule has 0 radical (unpaired) electrons. The second-order valence-electron chi connectivity index (χ2n) is 5.32. The third-order valence-corrected chi connectivity index (χ3v) is 2.85. The first-order chi connectivity index (χ1) is 5.40. The van der Waals surface area contributed by atoms with Crippen LogP contribution in [0.4, 0.5) is 0 Å². The first-order valence-electron chi connectivity index (χ1n) is 5.40. The van der Waals surface area contributed by atoms with Gasteiger partial charge in [-0.1, -0.05) is 54.4 Å². The lowest BCUT2D eigenvalue weighted by Gasteiger charge is -2.29. The fraction of sp³-hybridized carbons (Fsp3) is 1.00. The van der Waals surface area contributed by atoms with Gasteiger partial charge in [0.1, 0.15) is 0 Å². The van der Waals surface area contributed by atoms with E-state index in [2.05, 4.69) is 41.5 Å². The van der Waals surface area contributed by atoms with Gasteiger partial charge in [-0.15, -0.1) is 0 Å². The summed E-state index contributed by atoms with van der Waals surface area (Å²) < 4.78 is 0. The van der Waals surface area contributed by atoms with Crippen molar-refractivity contribution >= 4 is 0 Å². The maximum Gasteiger partial charge on any atom is -0.0380 e. The number of hydrogen-bond donors (Lipinski definition) is 0. The van der Waals surface area contributed by atoms with E-state index in [0.717, 1.165) is 11.8 Å².